The number of benzene rings is 1. The highest BCUT2D eigenvalue weighted by molar-refractivity contribution is 5.94. The van der Waals surface area contributed by atoms with Gasteiger partial charge in [0.1, 0.15) is 0 Å². The van der Waals surface area contributed by atoms with Crippen molar-refractivity contribution >= 4 is 11.6 Å². The fourth-order valence-corrected chi connectivity index (χ4v) is 2.03. The summed E-state index contributed by atoms with van der Waals surface area (Å²) in [5.74, 6) is 0.125. The van der Waals surface area contributed by atoms with E-state index in [1.807, 2.05) is 4.90 Å². The first-order valence-electron chi connectivity index (χ1n) is 5.35. The predicted molar refractivity (Wildman–Crippen MR) is 60.6 cm³/mol. The van der Waals surface area contributed by atoms with Crippen molar-refractivity contribution in [2.75, 3.05) is 12.3 Å². The average Bonchev–Trinajstić information content (AvgIpc) is 2.65. The van der Waals surface area contributed by atoms with Gasteiger partial charge in [-0.15, -0.1) is 0 Å². The number of carbonyl (C=O) groups excluding carboxylic acids is 1. The van der Waals surface area contributed by atoms with Crippen LogP contribution in [0.5, 0.6) is 0 Å². The SMILES string of the molecule is CC1CCCN1C(=O)c1ccc(N)cc1. The van der Waals surface area contributed by atoms with Gasteiger partial charge in [0.25, 0.3) is 5.91 Å². The molecule has 80 valence electrons. The molecule has 1 heterocycles. The van der Waals surface area contributed by atoms with Gasteiger partial charge >= 0.3 is 0 Å². The van der Waals surface area contributed by atoms with Gasteiger partial charge in [0.15, 0.2) is 0 Å². The minimum Gasteiger partial charge on any atom is -0.399 e. The predicted octanol–water partition coefficient (Wildman–Crippen LogP) is 1.89. The molecule has 1 aliphatic rings. The van der Waals surface area contributed by atoms with Crippen LogP contribution in [0.3, 0.4) is 0 Å². The lowest BCUT2D eigenvalue weighted by molar-refractivity contribution is 0.0747. The van der Waals surface area contributed by atoms with E-state index in [1.54, 1.807) is 24.3 Å². The van der Waals surface area contributed by atoms with Gasteiger partial charge in [-0.1, -0.05) is 0 Å². The summed E-state index contributed by atoms with van der Waals surface area (Å²) in [5.41, 5.74) is 7.01. The molecule has 0 aliphatic carbocycles. The van der Waals surface area contributed by atoms with Crippen LogP contribution >= 0.6 is 0 Å². The first-order chi connectivity index (χ1) is 7.18. The zero-order chi connectivity index (χ0) is 10.8. The number of rotatable bonds is 1. The number of anilines is 1. The zero-order valence-corrected chi connectivity index (χ0v) is 8.94. The molecule has 0 aromatic heterocycles. The standard InChI is InChI=1S/C12H16N2O/c1-9-3-2-8-14(9)12(15)10-4-6-11(13)7-5-10/h4-7,9H,2-3,8,13H2,1H3. The molecule has 15 heavy (non-hydrogen) atoms. The normalized spacial score (nSPS) is 20.6. The lowest BCUT2D eigenvalue weighted by Crippen LogP contribution is -2.33. The maximum Gasteiger partial charge on any atom is 0.254 e. The van der Waals surface area contributed by atoms with Gasteiger partial charge < -0.3 is 10.6 Å². The maximum atomic E-state index is 12.1. The summed E-state index contributed by atoms with van der Waals surface area (Å²) in [6.45, 7) is 2.98. The molecule has 2 N–H and O–H groups in total. The molecular formula is C12H16N2O. The number of nitrogens with zero attached hydrogens (tertiary/aromatic N) is 1. The van der Waals surface area contributed by atoms with Crippen molar-refractivity contribution in [2.24, 2.45) is 0 Å². The van der Waals surface area contributed by atoms with Crippen LogP contribution in [0.2, 0.25) is 0 Å². The van der Waals surface area contributed by atoms with Gasteiger partial charge in [-0.3, -0.25) is 4.79 Å². The van der Waals surface area contributed by atoms with Crippen LogP contribution in [0, 0.1) is 0 Å². The summed E-state index contributed by atoms with van der Waals surface area (Å²) in [4.78, 5) is 14.0. The molecule has 1 fully saturated rings. The number of likely N-dealkylation sites (tertiary alicyclic amines) is 1. The summed E-state index contributed by atoms with van der Waals surface area (Å²) in [5, 5.41) is 0. The first kappa shape index (κ1) is 10.0. The highest BCUT2D eigenvalue weighted by Crippen LogP contribution is 2.19. The number of hydrogen-bond acceptors (Lipinski definition) is 2. The van der Waals surface area contributed by atoms with Crippen molar-refractivity contribution in [3.63, 3.8) is 0 Å². The quantitative estimate of drug-likeness (QED) is 0.710. The third-order valence-electron chi connectivity index (χ3n) is 2.97. The van der Waals surface area contributed by atoms with Gasteiger partial charge in [-0.2, -0.15) is 0 Å². The van der Waals surface area contributed by atoms with E-state index in [9.17, 15) is 4.79 Å². The van der Waals surface area contributed by atoms with Crippen LogP contribution in [0.15, 0.2) is 24.3 Å². The fourth-order valence-electron chi connectivity index (χ4n) is 2.03. The first-order valence-corrected chi connectivity index (χ1v) is 5.35. The van der Waals surface area contributed by atoms with E-state index in [4.69, 9.17) is 5.73 Å². The number of nitrogens with two attached hydrogens (primary N) is 1. The van der Waals surface area contributed by atoms with Gasteiger partial charge in [-0.25, -0.2) is 0 Å². The third-order valence-corrected chi connectivity index (χ3v) is 2.97. The molecule has 1 aliphatic heterocycles. The second-order valence-electron chi connectivity index (χ2n) is 4.11. The van der Waals surface area contributed by atoms with E-state index >= 15 is 0 Å². The van der Waals surface area contributed by atoms with Crippen molar-refractivity contribution in [1.82, 2.24) is 4.90 Å². The summed E-state index contributed by atoms with van der Waals surface area (Å²) in [6.07, 6.45) is 2.22. The average molecular weight is 204 g/mol. The lowest BCUT2D eigenvalue weighted by atomic mass is 10.1. The summed E-state index contributed by atoms with van der Waals surface area (Å²) >= 11 is 0. The molecule has 3 nitrogen and oxygen atoms in total. The van der Waals surface area contributed by atoms with Gasteiger partial charge in [-0.05, 0) is 44.0 Å². The van der Waals surface area contributed by atoms with Crippen LogP contribution in [0.4, 0.5) is 5.69 Å². The van der Waals surface area contributed by atoms with Crippen molar-refractivity contribution in [1.29, 1.82) is 0 Å². The molecule has 1 atom stereocenters. The number of amides is 1. The van der Waals surface area contributed by atoms with Crippen LogP contribution in [0.25, 0.3) is 0 Å². The summed E-state index contributed by atoms with van der Waals surface area (Å²) in [7, 11) is 0. The molecule has 0 spiro atoms. The molecule has 3 heteroatoms. The van der Waals surface area contributed by atoms with E-state index in [1.165, 1.54) is 0 Å². The lowest BCUT2D eigenvalue weighted by Gasteiger charge is -2.21. The Morgan fingerprint density at radius 3 is 2.60 bits per heavy atom. The number of hydrogen-bond donors (Lipinski definition) is 1. The Morgan fingerprint density at radius 2 is 2.07 bits per heavy atom. The highest BCUT2D eigenvalue weighted by atomic mass is 16.2. The van der Waals surface area contributed by atoms with Gasteiger partial charge in [0, 0.05) is 23.8 Å². The van der Waals surface area contributed by atoms with Crippen molar-refractivity contribution in [3.05, 3.63) is 29.8 Å². The Hall–Kier alpha value is -1.51. The molecule has 1 saturated heterocycles. The summed E-state index contributed by atoms with van der Waals surface area (Å²) in [6, 6.07) is 7.50. The van der Waals surface area contributed by atoms with E-state index in [2.05, 4.69) is 6.92 Å². The van der Waals surface area contributed by atoms with Crippen molar-refractivity contribution in [2.45, 2.75) is 25.8 Å². The van der Waals surface area contributed by atoms with Crippen molar-refractivity contribution < 1.29 is 4.79 Å². The van der Waals surface area contributed by atoms with E-state index < -0.39 is 0 Å². The fraction of sp³-hybridized carbons (Fsp3) is 0.417. The Kier molecular flexibility index (Phi) is 2.62. The molecule has 2 rings (SSSR count). The van der Waals surface area contributed by atoms with Crippen LogP contribution < -0.4 is 5.73 Å². The zero-order valence-electron chi connectivity index (χ0n) is 8.94. The van der Waals surface area contributed by atoms with Crippen molar-refractivity contribution in [3.8, 4) is 0 Å². The Balaban J connectivity index is 2.17. The Morgan fingerprint density at radius 1 is 1.40 bits per heavy atom. The van der Waals surface area contributed by atoms with E-state index in [0.717, 1.165) is 24.9 Å². The molecular weight excluding hydrogens is 188 g/mol. The van der Waals surface area contributed by atoms with E-state index in [0.29, 0.717) is 11.7 Å². The maximum absolute atomic E-state index is 12.1. The molecule has 0 saturated carbocycles. The van der Waals surface area contributed by atoms with E-state index in [-0.39, 0.29) is 5.91 Å². The number of nitrogen functional groups attached to an aromatic ring is 1. The molecule has 1 unspecified atom stereocenters. The van der Waals surface area contributed by atoms with Gasteiger partial charge in [0.2, 0.25) is 0 Å². The molecule has 1 aromatic rings. The smallest absolute Gasteiger partial charge is 0.254 e. The summed E-state index contributed by atoms with van der Waals surface area (Å²) < 4.78 is 0. The monoisotopic (exact) mass is 204 g/mol. The third kappa shape index (κ3) is 1.96. The van der Waals surface area contributed by atoms with Crippen LogP contribution in [0.1, 0.15) is 30.1 Å². The minimum atomic E-state index is 0.125. The molecule has 1 amide bonds. The largest absolute Gasteiger partial charge is 0.399 e. The second-order valence-corrected chi connectivity index (χ2v) is 4.11. The molecule has 0 radical (unpaired) electrons. The Bertz CT molecular complexity index is 358. The van der Waals surface area contributed by atoms with Crippen LogP contribution in [-0.2, 0) is 0 Å². The highest BCUT2D eigenvalue weighted by Gasteiger charge is 2.25. The van der Waals surface area contributed by atoms with Gasteiger partial charge in [0.05, 0.1) is 0 Å². The topological polar surface area (TPSA) is 46.3 Å². The second kappa shape index (κ2) is 3.93. The molecule has 1 aromatic carbocycles. The number of carbonyl (C=O) groups is 1. The Labute approximate surface area is 89.9 Å². The minimum absolute atomic E-state index is 0.125. The van der Waals surface area contributed by atoms with Crippen LogP contribution in [-0.4, -0.2) is 23.4 Å². The molecule has 0 bridgehead atoms.